The molecule has 0 unspecified atom stereocenters. The normalized spacial score (nSPS) is 11.2. The van der Waals surface area contributed by atoms with Crippen LogP contribution in [0.4, 0.5) is 0 Å². The van der Waals surface area contributed by atoms with Crippen molar-refractivity contribution in [3.05, 3.63) is 107 Å². The fourth-order valence-corrected chi connectivity index (χ4v) is 4.13. The minimum absolute atomic E-state index is 0.363. The summed E-state index contributed by atoms with van der Waals surface area (Å²) in [6.45, 7) is 1.20. The quantitative estimate of drug-likeness (QED) is 0.311. The standard InChI is InChI=1S/C26H21ClN2O/c27-26-21-11-5-4-10-20(21)14-15-24(26)30-18-25-28-22-12-6-7-13-23(22)29(25)17-16-19-8-2-1-3-9-19/h1-15H,16-18H2. The largest absolute Gasteiger partial charge is 0.484 e. The lowest BCUT2D eigenvalue weighted by Crippen LogP contribution is -2.09. The van der Waals surface area contributed by atoms with E-state index in [0.717, 1.165) is 40.6 Å². The summed E-state index contributed by atoms with van der Waals surface area (Å²) in [5.74, 6) is 1.58. The summed E-state index contributed by atoms with van der Waals surface area (Å²) in [6, 6.07) is 30.8. The Kier molecular flexibility index (Phi) is 5.12. The van der Waals surface area contributed by atoms with E-state index in [4.69, 9.17) is 21.3 Å². The number of benzene rings is 4. The Labute approximate surface area is 180 Å². The third kappa shape index (κ3) is 3.64. The second-order valence-corrected chi connectivity index (χ2v) is 7.67. The molecule has 0 spiro atoms. The first-order valence-corrected chi connectivity index (χ1v) is 10.5. The van der Waals surface area contributed by atoms with E-state index in [1.54, 1.807) is 0 Å². The Balaban J connectivity index is 1.43. The molecule has 1 aromatic heterocycles. The molecule has 0 fully saturated rings. The number of aromatic nitrogens is 2. The highest BCUT2D eigenvalue weighted by Gasteiger charge is 2.13. The summed E-state index contributed by atoms with van der Waals surface area (Å²) < 4.78 is 8.39. The molecule has 0 atom stereocenters. The van der Waals surface area contributed by atoms with Gasteiger partial charge in [0.1, 0.15) is 18.2 Å². The van der Waals surface area contributed by atoms with Gasteiger partial charge in [0, 0.05) is 11.9 Å². The zero-order valence-corrected chi connectivity index (χ0v) is 17.2. The van der Waals surface area contributed by atoms with Gasteiger partial charge in [-0.1, -0.05) is 84.4 Å². The number of ether oxygens (including phenoxy) is 1. The van der Waals surface area contributed by atoms with Crippen LogP contribution in [0.5, 0.6) is 5.75 Å². The minimum atomic E-state index is 0.363. The molecule has 0 bridgehead atoms. The third-order valence-corrected chi connectivity index (χ3v) is 5.78. The van der Waals surface area contributed by atoms with Gasteiger partial charge in [0.25, 0.3) is 0 Å². The average molecular weight is 413 g/mol. The number of rotatable bonds is 6. The number of hydrogen-bond donors (Lipinski definition) is 0. The Morgan fingerprint density at radius 3 is 2.47 bits per heavy atom. The molecule has 4 aromatic carbocycles. The second kappa shape index (κ2) is 8.21. The average Bonchev–Trinajstić information content (AvgIpc) is 3.15. The van der Waals surface area contributed by atoms with Crippen LogP contribution in [-0.2, 0) is 19.6 Å². The van der Waals surface area contributed by atoms with Crippen LogP contribution >= 0.6 is 11.6 Å². The Bertz CT molecular complexity index is 1310. The van der Waals surface area contributed by atoms with Crippen molar-refractivity contribution in [2.75, 3.05) is 0 Å². The van der Waals surface area contributed by atoms with Gasteiger partial charge in [-0.2, -0.15) is 0 Å². The summed E-state index contributed by atoms with van der Waals surface area (Å²) in [6.07, 6.45) is 0.935. The Morgan fingerprint density at radius 1 is 0.800 bits per heavy atom. The lowest BCUT2D eigenvalue weighted by molar-refractivity contribution is 0.290. The molecule has 0 aliphatic heterocycles. The smallest absolute Gasteiger partial charge is 0.148 e. The van der Waals surface area contributed by atoms with Crippen LogP contribution < -0.4 is 4.74 Å². The molecule has 1 heterocycles. The number of para-hydroxylation sites is 2. The molecule has 0 aliphatic carbocycles. The monoisotopic (exact) mass is 412 g/mol. The lowest BCUT2D eigenvalue weighted by Gasteiger charge is -2.12. The van der Waals surface area contributed by atoms with Gasteiger partial charge in [0.15, 0.2) is 0 Å². The van der Waals surface area contributed by atoms with Gasteiger partial charge in [0.05, 0.1) is 16.1 Å². The summed E-state index contributed by atoms with van der Waals surface area (Å²) >= 11 is 6.62. The fraction of sp³-hybridized carbons (Fsp3) is 0.115. The van der Waals surface area contributed by atoms with Gasteiger partial charge >= 0.3 is 0 Å². The number of fused-ring (bicyclic) bond motifs is 2. The van der Waals surface area contributed by atoms with Crippen molar-refractivity contribution < 1.29 is 4.74 Å². The van der Waals surface area contributed by atoms with E-state index in [1.807, 2.05) is 60.7 Å². The summed E-state index contributed by atoms with van der Waals surface area (Å²) in [5, 5.41) is 2.74. The maximum atomic E-state index is 6.62. The Hall–Kier alpha value is -3.30. The highest BCUT2D eigenvalue weighted by atomic mass is 35.5. The molecule has 4 heteroatoms. The topological polar surface area (TPSA) is 27.1 Å². The van der Waals surface area contributed by atoms with Crippen molar-refractivity contribution in [2.24, 2.45) is 0 Å². The zero-order chi connectivity index (χ0) is 20.3. The van der Waals surface area contributed by atoms with Crippen LogP contribution in [0.2, 0.25) is 5.02 Å². The zero-order valence-electron chi connectivity index (χ0n) is 16.5. The molecule has 0 aliphatic rings. The first-order valence-electron chi connectivity index (χ1n) is 10.1. The van der Waals surface area contributed by atoms with E-state index >= 15 is 0 Å². The van der Waals surface area contributed by atoms with Gasteiger partial charge in [-0.15, -0.1) is 0 Å². The van der Waals surface area contributed by atoms with Gasteiger partial charge in [-0.3, -0.25) is 0 Å². The molecule has 3 nitrogen and oxygen atoms in total. The molecule has 5 rings (SSSR count). The van der Waals surface area contributed by atoms with Crippen LogP contribution in [-0.4, -0.2) is 9.55 Å². The summed E-state index contributed by atoms with van der Waals surface area (Å²) in [4.78, 5) is 4.83. The molecule has 0 saturated heterocycles. The molecule has 148 valence electrons. The molecule has 30 heavy (non-hydrogen) atoms. The highest BCUT2D eigenvalue weighted by Crippen LogP contribution is 2.33. The fourth-order valence-electron chi connectivity index (χ4n) is 3.84. The van der Waals surface area contributed by atoms with E-state index in [2.05, 4.69) is 34.9 Å². The van der Waals surface area contributed by atoms with Crippen molar-refractivity contribution in [2.45, 2.75) is 19.6 Å². The molecule has 5 aromatic rings. The molecule has 0 N–H and O–H groups in total. The highest BCUT2D eigenvalue weighted by molar-refractivity contribution is 6.37. The molecule has 0 radical (unpaired) electrons. The van der Waals surface area contributed by atoms with Crippen LogP contribution in [0.3, 0.4) is 0 Å². The summed E-state index contributed by atoms with van der Waals surface area (Å²) in [5.41, 5.74) is 3.41. The molecular formula is C26H21ClN2O. The number of imidazole rings is 1. The van der Waals surface area contributed by atoms with Gasteiger partial charge in [0.2, 0.25) is 0 Å². The van der Waals surface area contributed by atoms with Crippen LogP contribution in [0.1, 0.15) is 11.4 Å². The predicted molar refractivity (Wildman–Crippen MR) is 123 cm³/mol. The SMILES string of the molecule is Clc1c(OCc2nc3ccccc3n2CCc2ccccc2)ccc2ccccc12. The van der Waals surface area contributed by atoms with Gasteiger partial charge in [-0.25, -0.2) is 4.98 Å². The second-order valence-electron chi connectivity index (χ2n) is 7.29. The number of aryl methyl sites for hydroxylation is 2. The van der Waals surface area contributed by atoms with E-state index in [-0.39, 0.29) is 0 Å². The number of nitrogens with zero attached hydrogens (tertiary/aromatic N) is 2. The molecule has 0 amide bonds. The first kappa shape index (κ1) is 18.7. The van der Waals surface area contributed by atoms with Crippen molar-refractivity contribution in [3.8, 4) is 5.75 Å². The number of halogens is 1. The summed E-state index contributed by atoms with van der Waals surface area (Å²) in [7, 11) is 0. The maximum Gasteiger partial charge on any atom is 0.148 e. The van der Waals surface area contributed by atoms with Crippen molar-refractivity contribution in [3.63, 3.8) is 0 Å². The van der Waals surface area contributed by atoms with Crippen LogP contribution in [0.15, 0.2) is 91.0 Å². The maximum absolute atomic E-state index is 6.62. The molecule has 0 saturated carbocycles. The minimum Gasteiger partial charge on any atom is -0.484 e. The van der Waals surface area contributed by atoms with E-state index in [1.165, 1.54) is 5.56 Å². The number of hydrogen-bond acceptors (Lipinski definition) is 2. The van der Waals surface area contributed by atoms with Crippen molar-refractivity contribution >= 4 is 33.4 Å². The van der Waals surface area contributed by atoms with Gasteiger partial charge in [-0.05, 0) is 35.6 Å². The molecular weight excluding hydrogens is 392 g/mol. The van der Waals surface area contributed by atoms with E-state index in [0.29, 0.717) is 17.4 Å². The van der Waals surface area contributed by atoms with Crippen LogP contribution in [0, 0.1) is 0 Å². The Morgan fingerprint density at radius 2 is 1.57 bits per heavy atom. The predicted octanol–water partition coefficient (Wildman–Crippen LogP) is 6.66. The van der Waals surface area contributed by atoms with E-state index < -0.39 is 0 Å². The van der Waals surface area contributed by atoms with Gasteiger partial charge < -0.3 is 9.30 Å². The first-order chi connectivity index (χ1) is 14.8. The van der Waals surface area contributed by atoms with Crippen LogP contribution in [0.25, 0.3) is 21.8 Å². The lowest BCUT2D eigenvalue weighted by atomic mass is 10.1. The third-order valence-electron chi connectivity index (χ3n) is 5.39. The van der Waals surface area contributed by atoms with Crippen molar-refractivity contribution in [1.82, 2.24) is 9.55 Å². The van der Waals surface area contributed by atoms with E-state index in [9.17, 15) is 0 Å². The van der Waals surface area contributed by atoms with Crippen molar-refractivity contribution in [1.29, 1.82) is 0 Å².